The van der Waals surface area contributed by atoms with Crippen molar-refractivity contribution >= 4 is 40.6 Å². The molecule has 1 heterocycles. The zero-order valence-corrected chi connectivity index (χ0v) is 14.4. The highest BCUT2D eigenvalue weighted by Gasteiger charge is 2.10. The van der Waals surface area contributed by atoms with E-state index in [-0.39, 0.29) is 11.5 Å². The van der Waals surface area contributed by atoms with E-state index < -0.39 is 0 Å². The van der Waals surface area contributed by atoms with E-state index in [1.807, 2.05) is 18.2 Å². The smallest absolute Gasteiger partial charge is 0.261 e. The monoisotopic (exact) mass is 359 g/mol. The molecule has 24 heavy (non-hydrogen) atoms. The lowest BCUT2D eigenvalue weighted by molar-refractivity contribution is 0.0951. The Morgan fingerprint density at radius 1 is 1.29 bits per heavy atom. The Hall–Kier alpha value is -2.44. The lowest BCUT2D eigenvalue weighted by atomic mass is 10.1. The summed E-state index contributed by atoms with van der Waals surface area (Å²) in [6.07, 6.45) is 0. The summed E-state index contributed by atoms with van der Waals surface area (Å²) in [5.41, 5.74) is 1.61. The van der Waals surface area contributed by atoms with Crippen LogP contribution < -0.4 is 10.9 Å². The van der Waals surface area contributed by atoms with Crippen LogP contribution in [0.3, 0.4) is 0 Å². The Balaban J connectivity index is 1.88. The number of rotatable bonds is 3. The van der Waals surface area contributed by atoms with Gasteiger partial charge in [0.25, 0.3) is 11.5 Å². The van der Waals surface area contributed by atoms with Crippen LogP contribution in [0.1, 0.15) is 15.9 Å². The molecule has 5 nitrogen and oxygen atoms in total. The van der Waals surface area contributed by atoms with Crippen molar-refractivity contribution in [3.63, 3.8) is 0 Å². The Labute approximate surface area is 147 Å². The van der Waals surface area contributed by atoms with Crippen molar-refractivity contribution in [3.8, 4) is 0 Å². The van der Waals surface area contributed by atoms with Crippen molar-refractivity contribution < 1.29 is 4.79 Å². The van der Waals surface area contributed by atoms with Crippen LogP contribution >= 0.6 is 23.8 Å². The maximum absolute atomic E-state index is 12.3. The van der Waals surface area contributed by atoms with Gasteiger partial charge in [-0.15, -0.1) is 0 Å². The Morgan fingerprint density at radius 3 is 2.79 bits per heavy atom. The molecule has 2 aromatic carbocycles. The fraction of sp³-hybridized carbons (Fsp3) is 0.118. The van der Waals surface area contributed by atoms with Crippen molar-refractivity contribution in [2.75, 3.05) is 0 Å². The van der Waals surface area contributed by atoms with Crippen molar-refractivity contribution in [2.45, 2.75) is 6.54 Å². The maximum Gasteiger partial charge on any atom is 0.261 e. The van der Waals surface area contributed by atoms with E-state index in [0.29, 0.717) is 32.8 Å². The Bertz CT molecular complexity index is 1060. The van der Waals surface area contributed by atoms with Crippen molar-refractivity contribution in [1.29, 1.82) is 0 Å². The summed E-state index contributed by atoms with van der Waals surface area (Å²) in [6.45, 7) is 0.323. The van der Waals surface area contributed by atoms with Gasteiger partial charge in [-0.05, 0) is 42.0 Å². The number of hydrogen-bond donors (Lipinski definition) is 2. The summed E-state index contributed by atoms with van der Waals surface area (Å²) in [5, 5.41) is 3.90. The summed E-state index contributed by atoms with van der Waals surface area (Å²) in [7, 11) is 1.60. The standard InChI is InChI=1S/C17H14ClN3O2S/c1-21-16(23)12-7-6-10(8-14(12)20-17(21)24)15(22)19-9-11-4-2-3-5-13(11)18/h2-8H,9H2,1H3,(H,19,22)(H,20,24). The highest BCUT2D eigenvalue weighted by molar-refractivity contribution is 7.71. The van der Waals surface area contributed by atoms with Crippen molar-refractivity contribution in [1.82, 2.24) is 14.9 Å². The van der Waals surface area contributed by atoms with Gasteiger partial charge in [0.1, 0.15) is 0 Å². The molecule has 0 spiro atoms. The van der Waals surface area contributed by atoms with Crippen LogP contribution in [-0.2, 0) is 13.6 Å². The first-order valence-electron chi connectivity index (χ1n) is 7.22. The molecule has 0 unspecified atom stereocenters. The van der Waals surface area contributed by atoms with Gasteiger partial charge < -0.3 is 10.3 Å². The zero-order valence-electron chi connectivity index (χ0n) is 12.8. The van der Waals surface area contributed by atoms with Gasteiger partial charge in [-0.1, -0.05) is 29.8 Å². The Morgan fingerprint density at radius 2 is 2.04 bits per heavy atom. The summed E-state index contributed by atoms with van der Waals surface area (Å²) in [6, 6.07) is 12.2. The number of nitrogens with one attached hydrogen (secondary N) is 2. The molecule has 0 atom stereocenters. The van der Waals surface area contributed by atoms with Crippen molar-refractivity contribution in [3.05, 3.63) is 73.7 Å². The minimum absolute atomic E-state index is 0.197. The number of H-pyrrole nitrogens is 1. The van der Waals surface area contributed by atoms with Crippen LogP contribution in [0.15, 0.2) is 47.3 Å². The quantitative estimate of drug-likeness (QED) is 0.706. The van der Waals surface area contributed by atoms with Gasteiger partial charge in [-0.25, -0.2) is 0 Å². The molecule has 0 bridgehead atoms. The maximum atomic E-state index is 12.3. The number of aromatic amines is 1. The Kier molecular flexibility index (Phi) is 4.51. The van der Waals surface area contributed by atoms with Crippen LogP contribution in [-0.4, -0.2) is 15.5 Å². The first-order chi connectivity index (χ1) is 11.5. The van der Waals surface area contributed by atoms with E-state index in [4.69, 9.17) is 23.8 Å². The van der Waals surface area contributed by atoms with Crippen LogP contribution in [0.4, 0.5) is 0 Å². The van der Waals surface area contributed by atoms with Crippen LogP contribution in [0.2, 0.25) is 5.02 Å². The normalized spacial score (nSPS) is 10.8. The van der Waals surface area contributed by atoms with E-state index in [9.17, 15) is 9.59 Å². The first kappa shape index (κ1) is 16.4. The fourth-order valence-corrected chi connectivity index (χ4v) is 2.76. The lowest BCUT2D eigenvalue weighted by Gasteiger charge is -2.08. The van der Waals surface area contributed by atoms with Gasteiger partial charge >= 0.3 is 0 Å². The number of halogens is 1. The average molecular weight is 360 g/mol. The number of carbonyl (C=O) groups is 1. The topological polar surface area (TPSA) is 66.9 Å². The number of aromatic nitrogens is 2. The highest BCUT2D eigenvalue weighted by Crippen LogP contribution is 2.15. The molecule has 1 amide bonds. The van der Waals surface area contributed by atoms with Crippen LogP contribution in [0.25, 0.3) is 10.9 Å². The van der Waals surface area contributed by atoms with E-state index in [1.54, 1.807) is 31.3 Å². The third kappa shape index (κ3) is 3.11. The molecular weight excluding hydrogens is 346 g/mol. The second kappa shape index (κ2) is 6.59. The van der Waals surface area contributed by atoms with Gasteiger partial charge in [0, 0.05) is 24.2 Å². The van der Waals surface area contributed by atoms with E-state index in [1.165, 1.54) is 4.57 Å². The fourth-order valence-electron chi connectivity index (χ4n) is 2.37. The van der Waals surface area contributed by atoms with Crippen molar-refractivity contribution in [2.24, 2.45) is 7.05 Å². The zero-order chi connectivity index (χ0) is 17.3. The molecule has 0 aliphatic carbocycles. The predicted molar refractivity (Wildman–Crippen MR) is 97.0 cm³/mol. The lowest BCUT2D eigenvalue weighted by Crippen LogP contribution is -2.23. The summed E-state index contributed by atoms with van der Waals surface area (Å²) >= 11 is 11.2. The molecule has 7 heteroatoms. The molecule has 2 N–H and O–H groups in total. The second-order valence-corrected chi connectivity index (χ2v) is 6.12. The van der Waals surface area contributed by atoms with Gasteiger partial charge in [-0.3, -0.25) is 14.2 Å². The average Bonchev–Trinajstić information content (AvgIpc) is 2.58. The summed E-state index contributed by atoms with van der Waals surface area (Å²) in [5.74, 6) is -0.253. The molecule has 3 aromatic rings. The number of fused-ring (bicyclic) bond motifs is 1. The minimum Gasteiger partial charge on any atom is -0.348 e. The number of benzene rings is 2. The number of carbonyl (C=O) groups excluding carboxylic acids is 1. The molecule has 1 aromatic heterocycles. The molecule has 0 fully saturated rings. The van der Waals surface area contributed by atoms with E-state index >= 15 is 0 Å². The van der Waals surface area contributed by atoms with Gasteiger partial charge in [0.2, 0.25) is 0 Å². The molecule has 3 rings (SSSR count). The molecule has 122 valence electrons. The van der Waals surface area contributed by atoms with E-state index in [0.717, 1.165) is 5.56 Å². The molecule has 0 saturated heterocycles. The number of nitrogens with zero attached hydrogens (tertiary/aromatic N) is 1. The molecule has 0 saturated carbocycles. The number of hydrogen-bond acceptors (Lipinski definition) is 3. The first-order valence-corrected chi connectivity index (χ1v) is 8.00. The molecular formula is C17H14ClN3O2S. The second-order valence-electron chi connectivity index (χ2n) is 5.33. The largest absolute Gasteiger partial charge is 0.348 e. The van der Waals surface area contributed by atoms with E-state index in [2.05, 4.69) is 10.3 Å². The summed E-state index contributed by atoms with van der Waals surface area (Å²) in [4.78, 5) is 27.4. The highest BCUT2D eigenvalue weighted by atomic mass is 35.5. The summed E-state index contributed by atoms with van der Waals surface area (Å²) < 4.78 is 1.66. The predicted octanol–water partition coefficient (Wildman–Crippen LogP) is 3.18. The minimum atomic E-state index is -0.253. The SMILES string of the molecule is Cn1c(=S)[nH]c2cc(C(=O)NCc3ccccc3Cl)ccc2c1=O. The molecule has 0 radical (unpaired) electrons. The van der Waals surface area contributed by atoms with Gasteiger partial charge in [0.05, 0.1) is 10.9 Å². The van der Waals surface area contributed by atoms with Crippen LogP contribution in [0.5, 0.6) is 0 Å². The third-order valence-corrected chi connectivity index (χ3v) is 4.50. The van der Waals surface area contributed by atoms with Gasteiger partial charge in [0.15, 0.2) is 4.77 Å². The molecule has 0 aliphatic heterocycles. The van der Waals surface area contributed by atoms with Gasteiger partial charge in [-0.2, -0.15) is 0 Å². The number of amides is 1. The van der Waals surface area contributed by atoms with Crippen LogP contribution in [0, 0.1) is 4.77 Å². The molecule has 0 aliphatic rings. The third-order valence-electron chi connectivity index (χ3n) is 3.76.